The van der Waals surface area contributed by atoms with Crippen molar-refractivity contribution in [3.05, 3.63) is 58.8 Å². The van der Waals surface area contributed by atoms with Crippen LogP contribution in [0.5, 0.6) is 0 Å². The van der Waals surface area contributed by atoms with Crippen LogP contribution >= 0.6 is 0 Å². The number of pyridine rings is 1. The maximum absolute atomic E-state index is 13.9. The molecule has 0 bridgehead atoms. The number of alkyl halides is 3. The topological polar surface area (TPSA) is 89.0 Å². The van der Waals surface area contributed by atoms with Crippen molar-refractivity contribution in [2.24, 2.45) is 0 Å². The van der Waals surface area contributed by atoms with Crippen molar-refractivity contribution in [3.63, 3.8) is 0 Å². The van der Waals surface area contributed by atoms with Gasteiger partial charge >= 0.3 is 6.18 Å². The molecule has 0 unspecified atom stereocenters. The first-order valence-electron chi connectivity index (χ1n) is 13.5. The highest BCUT2D eigenvalue weighted by atomic mass is 19.4. The number of carbonyl (C=O) groups is 2. The van der Waals surface area contributed by atoms with Crippen molar-refractivity contribution < 1.29 is 27.9 Å². The van der Waals surface area contributed by atoms with Crippen molar-refractivity contribution in [1.82, 2.24) is 19.7 Å². The second kappa shape index (κ2) is 11.1. The Morgan fingerprint density at radius 2 is 1.72 bits per heavy atom. The smallest absolute Gasteiger partial charge is 0.390 e. The minimum atomic E-state index is -4.75. The number of anilines is 1. The maximum atomic E-state index is 13.9. The number of nitrogens with one attached hydrogen (secondary N) is 1. The zero-order chi connectivity index (χ0) is 27.7. The number of likely N-dealkylation sites (tertiary alicyclic amines) is 2. The zero-order valence-corrected chi connectivity index (χ0v) is 22.0. The number of hydrogen-bond acceptors (Lipinski definition) is 6. The lowest BCUT2D eigenvalue weighted by atomic mass is 9.93. The van der Waals surface area contributed by atoms with E-state index in [0.29, 0.717) is 45.1 Å². The number of halogens is 3. The number of benzene rings is 1. The van der Waals surface area contributed by atoms with Crippen LogP contribution in [0.15, 0.2) is 36.5 Å². The molecule has 1 aromatic heterocycles. The Morgan fingerprint density at radius 1 is 1.03 bits per heavy atom. The number of aromatic nitrogens is 1. The van der Waals surface area contributed by atoms with Crippen molar-refractivity contribution in [2.75, 3.05) is 38.0 Å². The van der Waals surface area contributed by atoms with Gasteiger partial charge in [0.25, 0.3) is 5.91 Å². The SMILES string of the molecule is CC(=O)N1CCC(Nc2cc(C(=O)N3CC[C@@H](N4CCc5ccccc5C4)[C@H](O)C3)c(C(F)(F)F)cn2)CC1. The molecule has 1 aromatic carbocycles. The van der Waals surface area contributed by atoms with E-state index in [4.69, 9.17) is 0 Å². The number of nitrogens with zero attached hydrogens (tertiary/aromatic N) is 4. The second-order valence-corrected chi connectivity index (χ2v) is 10.7. The van der Waals surface area contributed by atoms with E-state index in [1.807, 2.05) is 12.1 Å². The highest BCUT2D eigenvalue weighted by molar-refractivity contribution is 5.96. The average molecular weight is 546 g/mol. The molecule has 2 atom stereocenters. The fourth-order valence-corrected chi connectivity index (χ4v) is 5.99. The third kappa shape index (κ3) is 6.04. The molecule has 3 aliphatic rings. The molecule has 3 aliphatic heterocycles. The van der Waals surface area contributed by atoms with Crippen LogP contribution in [-0.2, 0) is 23.9 Å². The van der Waals surface area contributed by atoms with Crippen LogP contribution in [0.4, 0.5) is 19.0 Å². The Labute approximate surface area is 225 Å². The van der Waals surface area contributed by atoms with Crippen LogP contribution < -0.4 is 5.32 Å². The van der Waals surface area contributed by atoms with Crippen molar-refractivity contribution in [1.29, 1.82) is 0 Å². The van der Waals surface area contributed by atoms with E-state index in [0.717, 1.165) is 13.0 Å². The summed E-state index contributed by atoms with van der Waals surface area (Å²) in [4.78, 5) is 34.2. The molecular formula is C28H34F3N5O3. The summed E-state index contributed by atoms with van der Waals surface area (Å²) in [7, 11) is 0. The first kappa shape index (κ1) is 27.4. The van der Waals surface area contributed by atoms with Crippen molar-refractivity contribution >= 4 is 17.6 Å². The molecule has 0 saturated carbocycles. The molecule has 2 N–H and O–H groups in total. The molecule has 0 radical (unpaired) electrons. The van der Waals surface area contributed by atoms with Gasteiger partial charge in [0.15, 0.2) is 0 Å². The number of hydrogen-bond donors (Lipinski definition) is 2. The quantitative estimate of drug-likeness (QED) is 0.614. The predicted octanol–water partition coefficient (Wildman–Crippen LogP) is 3.16. The van der Waals surface area contributed by atoms with Gasteiger partial charge in [0.1, 0.15) is 5.82 Å². The van der Waals surface area contributed by atoms with E-state index >= 15 is 0 Å². The molecule has 39 heavy (non-hydrogen) atoms. The molecule has 2 amide bonds. The van der Waals surface area contributed by atoms with Crippen molar-refractivity contribution in [3.8, 4) is 0 Å². The van der Waals surface area contributed by atoms with Gasteiger partial charge in [-0.2, -0.15) is 13.2 Å². The van der Waals surface area contributed by atoms with E-state index in [1.54, 1.807) is 4.90 Å². The van der Waals surface area contributed by atoms with Gasteiger partial charge in [-0.25, -0.2) is 4.98 Å². The number of fused-ring (bicyclic) bond motifs is 1. The second-order valence-electron chi connectivity index (χ2n) is 10.7. The fourth-order valence-electron chi connectivity index (χ4n) is 5.99. The summed E-state index contributed by atoms with van der Waals surface area (Å²) in [5.74, 6) is -0.583. The number of rotatable bonds is 4. The molecular weight excluding hydrogens is 511 g/mol. The lowest BCUT2D eigenvalue weighted by Crippen LogP contribution is -2.56. The number of β-amino-alcohol motifs (C(OH)–C–C–N with tert-alkyl or cyclic N) is 1. The van der Waals surface area contributed by atoms with Gasteiger partial charge in [-0.1, -0.05) is 24.3 Å². The van der Waals surface area contributed by atoms with E-state index in [1.165, 1.54) is 29.0 Å². The summed E-state index contributed by atoms with van der Waals surface area (Å²) in [6.07, 6.45) is -2.30. The maximum Gasteiger partial charge on any atom is 0.418 e. The predicted molar refractivity (Wildman–Crippen MR) is 139 cm³/mol. The van der Waals surface area contributed by atoms with Crippen LogP contribution in [0.1, 0.15) is 53.2 Å². The van der Waals surface area contributed by atoms with Gasteiger partial charge in [0.05, 0.1) is 17.2 Å². The Morgan fingerprint density at radius 3 is 2.38 bits per heavy atom. The number of piperidine rings is 2. The van der Waals surface area contributed by atoms with Crippen LogP contribution in [0.2, 0.25) is 0 Å². The van der Waals surface area contributed by atoms with Gasteiger partial charge in [0, 0.05) is 64.5 Å². The van der Waals surface area contributed by atoms with Crippen LogP contribution in [0.25, 0.3) is 0 Å². The molecule has 0 aliphatic carbocycles. The number of aliphatic hydroxyl groups is 1. The third-order valence-electron chi connectivity index (χ3n) is 8.19. The molecule has 5 rings (SSSR count). The van der Waals surface area contributed by atoms with Gasteiger partial charge in [0.2, 0.25) is 5.91 Å². The molecule has 0 spiro atoms. The molecule has 2 saturated heterocycles. The van der Waals surface area contributed by atoms with E-state index in [9.17, 15) is 27.9 Å². The van der Waals surface area contributed by atoms with Gasteiger partial charge < -0.3 is 20.2 Å². The van der Waals surface area contributed by atoms with E-state index in [2.05, 4.69) is 27.3 Å². The molecule has 4 heterocycles. The Kier molecular flexibility index (Phi) is 7.82. The average Bonchev–Trinajstić information content (AvgIpc) is 2.92. The summed E-state index contributed by atoms with van der Waals surface area (Å²) in [5, 5.41) is 14.1. The summed E-state index contributed by atoms with van der Waals surface area (Å²) < 4.78 is 41.6. The zero-order valence-electron chi connectivity index (χ0n) is 22.0. The molecule has 11 heteroatoms. The summed E-state index contributed by atoms with van der Waals surface area (Å²) in [6.45, 7) is 4.32. The van der Waals surface area contributed by atoms with Gasteiger partial charge in [-0.15, -0.1) is 0 Å². The Balaban J connectivity index is 1.28. The third-order valence-corrected chi connectivity index (χ3v) is 8.19. The Bertz CT molecular complexity index is 1220. The molecule has 2 aromatic rings. The summed E-state index contributed by atoms with van der Waals surface area (Å²) in [5.41, 5.74) is 0.947. The lowest BCUT2D eigenvalue weighted by molar-refractivity contribution is -0.138. The first-order valence-corrected chi connectivity index (χ1v) is 13.5. The van der Waals surface area contributed by atoms with E-state index < -0.39 is 29.3 Å². The molecule has 210 valence electrons. The summed E-state index contributed by atoms with van der Waals surface area (Å²) in [6, 6.07) is 9.12. The fraction of sp³-hybridized carbons (Fsp3) is 0.536. The van der Waals surface area contributed by atoms with Crippen LogP contribution in [-0.4, -0.2) is 87.5 Å². The Hall–Kier alpha value is -3.18. The van der Waals surface area contributed by atoms with Crippen molar-refractivity contribution in [2.45, 2.75) is 63.5 Å². The van der Waals surface area contributed by atoms with Gasteiger partial charge in [-0.3, -0.25) is 14.5 Å². The monoisotopic (exact) mass is 545 g/mol. The van der Waals surface area contributed by atoms with Crippen LogP contribution in [0, 0.1) is 0 Å². The minimum absolute atomic E-state index is 0.00921. The summed E-state index contributed by atoms with van der Waals surface area (Å²) >= 11 is 0. The van der Waals surface area contributed by atoms with Crippen LogP contribution in [0.3, 0.4) is 0 Å². The number of aliphatic hydroxyl groups excluding tert-OH is 1. The first-order chi connectivity index (χ1) is 18.6. The molecule has 2 fully saturated rings. The standard InChI is InChI=1S/C28H34F3N5O3/c1-18(37)34-11-7-21(8-12-34)33-26-14-22(23(15-32-26)28(29,30)31)27(39)36-13-9-24(25(38)17-36)35-10-6-19-4-2-3-5-20(19)16-35/h2-5,14-15,21,24-25,38H,6-13,16-17H2,1H3,(H,32,33)/t24-,25-/m1/s1. The minimum Gasteiger partial charge on any atom is -0.390 e. The van der Waals surface area contributed by atoms with E-state index in [-0.39, 0.29) is 36.9 Å². The molecule has 8 nitrogen and oxygen atoms in total. The van der Waals surface area contributed by atoms with Gasteiger partial charge in [-0.05, 0) is 42.9 Å². The highest BCUT2D eigenvalue weighted by Crippen LogP contribution is 2.34. The highest BCUT2D eigenvalue weighted by Gasteiger charge is 2.40. The number of carbonyl (C=O) groups excluding carboxylic acids is 2. The number of amides is 2. The lowest BCUT2D eigenvalue weighted by Gasteiger charge is -2.43. The largest absolute Gasteiger partial charge is 0.418 e. The normalized spacial score (nSPS) is 22.9.